The van der Waals surface area contributed by atoms with Crippen LogP contribution in [0.1, 0.15) is 43.2 Å². The maximum Gasteiger partial charge on any atom is 0.261 e. The first-order chi connectivity index (χ1) is 19.0. The van der Waals surface area contributed by atoms with Crippen LogP contribution < -0.4 is 10.1 Å². The molecular weight excluding hydrogens is 515 g/mol. The number of ether oxygens (including phenoxy) is 1. The van der Waals surface area contributed by atoms with Gasteiger partial charge in [-0.2, -0.15) is 0 Å². The second-order valence-electron chi connectivity index (χ2n) is 9.72. The predicted octanol–water partition coefficient (Wildman–Crippen LogP) is 6.50. The molecule has 0 heterocycles. The maximum absolute atomic E-state index is 13.7. The van der Waals surface area contributed by atoms with Crippen LogP contribution >= 0.6 is 11.6 Å². The molecule has 3 aromatic rings. The molecular formula is C32H34ClFN2O3. The fourth-order valence-corrected chi connectivity index (χ4v) is 4.91. The molecule has 204 valence electrons. The minimum atomic E-state index is -0.792. The molecule has 5 nitrogen and oxygen atoms in total. The van der Waals surface area contributed by atoms with Gasteiger partial charge in [0.1, 0.15) is 17.6 Å². The molecule has 7 heteroatoms. The van der Waals surface area contributed by atoms with Gasteiger partial charge in [-0.05, 0) is 67.5 Å². The lowest BCUT2D eigenvalue weighted by Crippen LogP contribution is -2.51. The number of benzene rings is 3. The number of allylic oxidation sites excluding steroid dienone is 1. The minimum absolute atomic E-state index is 0.126. The van der Waals surface area contributed by atoms with Crippen LogP contribution in [-0.4, -0.2) is 35.9 Å². The van der Waals surface area contributed by atoms with Crippen LogP contribution in [0.2, 0.25) is 5.02 Å². The maximum atomic E-state index is 13.7. The second-order valence-corrected chi connectivity index (χ2v) is 10.1. The number of halogens is 2. The molecule has 1 aliphatic carbocycles. The summed E-state index contributed by atoms with van der Waals surface area (Å²) < 4.78 is 19.4. The van der Waals surface area contributed by atoms with Crippen LogP contribution in [0.15, 0.2) is 90.5 Å². The van der Waals surface area contributed by atoms with Crippen LogP contribution in [-0.2, 0) is 22.6 Å². The van der Waals surface area contributed by atoms with E-state index in [1.54, 1.807) is 36.4 Å². The molecule has 0 fully saturated rings. The average Bonchev–Trinajstić information content (AvgIpc) is 2.96. The van der Waals surface area contributed by atoms with Gasteiger partial charge in [0.15, 0.2) is 6.61 Å². The number of nitrogens with zero attached hydrogens (tertiary/aromatic N) is 1. The van der Waals surface area contributed by atoms with E-state index in [1.807, 2.05) is 30.3 Å². The SMILES string of the molecule is O=C(NCCC1=CCCCC1)[C@H](Cc1ccccc1)N(Cc1ccc(F)cc1)C(=O)COc1ccccc1Cl. The van der Waals surface area contributed by atoms with E-state index < -0.39 is 6.04 Å². The fourth-order valence-electron chi connectivity index (χ4n) is 4.72. The van der Waals surface area contributed by atoms with Crippen molar-refractivity contribution in [1.82, 2.24) is 10.2 Å². The zero-order chi connectivity index (χ0) is 27.5. The number of para-hydroxylation sites is 1. The molecule has 0 bridgehead atoms. The standard InChI is InChI=1S/C32H34ClFN2O3/c33-28-13-7-8-14-30(28)39-23-31(37)36(22-26-15-17-27(34)18-16-26)29(21-25-11-5-2-6-12-25)32(38)35-20-19-24-9-3-1-4-10-24/h2,5-9,11-18,29H,1,3-4,10,19-23H2,(H,35,38)/t29-/m0/s1. The lowest BCUT2D eigenvalue weighted by atomic mass is 9.97. The summed E-state index contributed by atoms with van der Waals surface area (Å²) in [6.07, 6.45) is 7.95. The smallest absolute Gasteiger partial charge is 0.261 e. The zero-order valence-corrected chi connectivity index (χ0v) is 22.7. The van der Waals surface area contributed by atoms with Crippen molar-refractivity contribution in [2.75, 3.05) is 13.2 Å². The van der Waals surface area contributed by atoms with Crippen molar-refractivity contribution in [3.63, 3.8) is 0 Å². The fraction of sp³-hybridized carbons (Fsp3) is 0.312. The van der Waals surface area contributed by atoms with Gasteiger partial charge in [0.25, 0.3) is 5.91 Å². The topological polar surface area (TPSA) is 58.6 Å². The summed E-state index contributed by atoms with van der Waals surface area (Å²) >= 11 is 6.22. The van der Waals surface area contributed by atoms with Gasteiger partial charge in [0.05, 0.1) is 5.02 Å². The Labute approximate surface area is 234 Å². The first-order valence-corrected chi connectivity index (χ1v) is 13.8. The summed E-state index contributed by atoms with van der Waals surface area (Å²) in [4.78, 5) is 28.8. The molecule has 0 spiro atoms. The van der Waals surface area contributed by atoms with Crippen LogP contribution in [0.25, 0.3) is 0 Å². The van der Waals surface area contributed by atoms with Crippen molar-refractivity contribution in [1.29, 1.82) is 0 Å². The van der Waals surface area contributed by atoms with E-state index >= 15 is 0 Å². The summed E-state index contributed by atoms with van der Waals surface area (Å²) in [6.45, 7) is 0.335. The Morgan fingerprint density at radius 1 is 0.949 bits per heavy atom. The highest BCUT2D eigenvalue weighted by molar-refractivity contribution is 6.32. The van der Waals surface area contributed by atoms with Crippen molar-refractivity contribution in [2.24, 2.45) is 0 Å². The molecule has 1 aliphatic rings. The van der Waals surface area contributed by atoms with Gasteiger partial charge in [-0.3, -0.25) is 9.59 Å². The van der Waals surface area contributed by atoms with Crippen molar-refractivity contribution >= 4 is 23.4 Å². The first-order valence-electron chi connectivity index (χ1n) is 13.4. The van der Waals surface area contributed by atoms with Crippen LogP contribution in [0.4, 0.5) is 4.39 Å². The van der Waals surface area contributed by atoms with Gasteiger partial charge in [-0.25, -0.2) is 4.39 Å². The number of carbonyl (C=O) groups is 2. The third-order valence-corrected chi connectivity index (χ3v) is 7.17. The van der Waals surface area contributed by atoms with Crippen molar-refractivity contribution in [3.05, 3.63) is 112 Å². The highest BCUT2D eigenvalue weighted by Gasteiger charge is 2.30. The summed E-state index contributed by atoms with van der Waals surface area (Å²) in [5.41, 5.74) is 3.01. The lowest BCUT2D eigenvalue weighted by Gasteiger charge is -2.31. The summed E-state index contributed by atoms with van der Waals surface area (Å²) in [5.74, 6) is -0.581. The number of rotatable bonds is 12. The second kappa shape index (κ2) is 14.5. The molecule has 1 N–H and O–H groups in total. The Bertz CT molecular complexity index is 1260. The van der Waals surface area contributed by atoms with Crippen molar-refractivity contribution in [3.8, 4) is 5.75 Å². The highest BCUT2D eigenvalue weighted by Crippen LogP contribution is 2.24. The molecule has 0 radical (unpaired) electrons. The Balaban J connectivity index is 1.56. The van der Waals surface area contributed by atoms with Gasteiger partial charge in [0.2, 0.25) is 5.91 Å². The molecule has 0 aromatic heterocycles. The van der Waals surface area contributed by atoms with E-state index in [1.165, 1.54) is 35.4 Å². The van der Waals surface area contributed by atoms with Crippen molar-refractivity contribution in [2.45, 2.75) is 51.1 Å². The van der Waals surface area contributed by atoms with Gasteiger partial charge in [0, 0.05) is 19.5 Å². The molecule has 1 atom stereocenters. The summed E-state index contributed by atoms with van der Waals surface area (Å²) in [5, 5.41) is 3.46. The third kappa shape index (κ3) is 8.69. The molecule has 0 unspecified atom stereocenters. The normalized spacial score (nSPS) is 13.7. The van der Waals surface area contributed by atoms with Gasteiger partial charge < -0.3 is 15.0 Å². The Morgan fingerprint density at radius 3 is 2.41 bits per heavy atom. The predicted molar refractivity (Wildman–Crippen MR) is 152 cm³/mol. The summed E-state index contributed by atoms with van der Waals surface area (Å²) in [7, 11) is 0. The van der Waals surface area contributed by atoms with E-state index in [0.717, 1.165) is 24.8 Å². The van der Waals surface area contributed by atoms with Gasteiger partial charge >= 0.3 is 0 Å². The number of carbonyl (C=O) groups excluding carboxylic acids is 2. The minimum Gasteiger partial charge on any atom is -0.482 e. The Hall–Kier alpha value is -3.64. The van der Waals surface area contributed by atoms with Crippen LogP contribution in [0.5, 0.6) is 5.75 Å². The lowest BCUT2D eigenvalue weighted by molar-refractivity contribution is -0.142. The van der Waals surface area contributed by atoms with E-state index in [0.29, 0.717) is 29.3 Å². The average molecular weight is 549 g/mol. The van der Waals surface area contributed by atoms with E-state index in [-0.39, 0.29) is 30.8 Å². The van der Waals surface area contributed by atoms with Crippen molar-refractivity contribution < 1.29 is 18.7 Å². The molecule has 3 aromatic carbocycles. The zero-order valence-electron chi connectivity index (χ0n) is 22.0. The monoisotopic (exact) mass is 548 g/mol. The molecule has 0 aliphatic heterocycles. The molecule has 0 saturated heterocycles. The van der Waals surface area contributed by atoms with E-state index in [9.17, 15) is 14.0 Å². The summed E-state index contributed by atoms with van der Waals surface area (Å²) in [6, 6.07) is 21.7. The highest BCUT2D eigenvalue weighted by atomic mass is 35.5. The van der Waals surface area contributed by atoms with Gasteiger partial charge in [-0.15, -0.1) is 0 Å². The Kier molecular flexibility index (Phi) is 10.5. The quantitative estimate of drug-likeness (QED) is 0.263. The van der Waals surface area contributed by atoms with Crippen LogP contribution in [0.3, 0.4) is 0 Å². The Morgan fingerprint density at radius 2 is 1.69 bits per heavy atom. The van der Waals surface area contributed by atoms with Gasteiger partial charge in [-0.1, -0.05) is 77.8 Å². The number of amides is 2. The van der Waals surface area contributed by atoms with E-state index in [2.05, 4.69) is 11.4 Å². The van der Waals surface area contributed by atoms with E-state index in [4.69, 9.17) is 16.3 Å². The van der Waals surface area contributed by atoms with Crippen LogP contribution in [0, 0.1) is 5.82 Å². The third-order valence-electron chi connectivity index (χ3n) is 6.86. The largest absolute Gasteiger partial charge is 0.482 e. The number of hydrogen-bond donors (Lipinski definition) is 1. The molecule has 2 amide bonds. The molecule has 39 heavy (non-hydrogen) atoms. The number of hydrogen-bond acceptors (Lipinski definition) is 3. The first kappa shape index (κ1) is 28.4. The molecule has 4 rings (SSSR count). The number of nitrogens with one attached hydrogen (secondary N) is 1. The molecule has 0 saturated carbocycles.